The zero-order valence-electron chi connectivity index (χ0n) is 18.7. The zero-order valence-corrected chi connectivity index (χ0v) is 18.7. The number of aryl methyl sites for hydroxylation is 1. The van der Waals surface area contributed by atoms with Gasteiger partial charge in [-0.1, -0.05) is 24.3 Å². The predicted molar refractivity (Wildman–Crippen MR) is 121 cm³/mol. The predicted octanol–water partition coefficient (Wildman–Crippen LogP) is -0.289. The van der Waals surface area contributed by atoms with Crippen molar-refractivity contribution in [3.8, 4) is 5.75 Å². The van der Waals surface area contributed by atoms with Gasteiger partial charge in [-0.05, 0) is 36.8 Å². The summed E-state index contributed by atoms with van der Waals surface area (Å²) < 4.78 is 5.66. The number of carbonyl (C=O) groups excluding carboxylic acids is 1. The molecule has 3 rings (SSSR count). The van der Waals surface area contributed by atoms with Crippen molar-refractivity contribution in [1.29, 1.82) is 0 Å². The summed E-state index contributed by atoms with van der Waals surface area (Å²) in [6.45, 7) is 7.21. The second kappa shape index (κ2) is 10.5. The number of piperazine rings is 1. The molecule has 2 aromatic carbocycles. The maximum atomic E-state index is 12.5. The SMILES string of the molecule is Cc1cccc(OCC(=O)NC[C@@H](c2ccc(N(C)C)cc2)[NH+]2CC[NH+](C)CC2)c1. The van der Waals surface area contributed by atoms with Crippen molar-refractivity contribution in [3.05, 3.63) is 59.7 Å². The van der Waals surface area contributed by atoms with Crippen LogP contribution in [0.4, 0.5) is 5.69 Å². The minimum absolute atomic E-state index is 0.0396. The number of anilines is 1. The standard InChI is InChI=1S/C24H34N4O2/c1-19-6-5-7-22(16-19)30-18-24(29)25-17-23(28-14-12-27(4)13-15-28)20-8-10-21(11-9-20)26(2)3/h5-11,16,23H,12-15,17-18H2,1-4H3,(H,25,29)/p+2/t23-/m0/s1. The summed E-state index contributed by atoms with van der Waals surface area (Å²) in [5, 5.41) is 3.11. The van der Waals surface area contributed by atoms with E-state index in [0.717, 1.165) is 37.5 Å². The van der Waals surface area contributed by atoms with E-state index >= 15 is 0 Å². The average Bonchev–Trinajstić information content (AvgIpc) is 2.74. The van der Waals surface area contributed by atoms with Gasteiger partial charge in [-0.15, -0.1) is 0 Å². The highest BCUT2D eigenvalue weighted by molar-refractivity contribution is 5.77. The van der Waals surface area contributed by atoms with E-state index in [9.17, 15) is 4.79 Å². The lowest BCUT2D eigenvalue weighted by Crippen LogP contribution is -3.27. The van der Waals surface area contributed by atoms with E-state index in [2.05, 4.69) is 55.6 Å². The van der Waals surface area contributed by atoms with Gasteiger partial charge in [-0.25, -0.2) is 0 Å². The molecule has 0 aromatic heterocycles. The van der Waals surface area contributed by atoms with Gasteiger partial charge < -0.3 is 24.8 Å². The molecule has 0 saturated carbocycles. The van der Waals surface area contributed by atoms with Crippen molar-refractivity contribution in [3.63, 3.8) is 0 Å². The first-order valence-electron chi connectivity index (χ1n) is 10.8. The second-order valence-electron chi connectivity index (χ2n) is 8.56. The monoisotopic (exact) mass is 412 g/mol. The molecule has 0 spiro atoms. The number of carbonyl (C=O) groups is 1. The molecule has 1 amide bonds. The van der Waals surface area contributed by atoms with Crippen LogP contribution in [0.3, 0.4) is 0 Å². The Kier molecular flexibility index (Phi) is 7.71. The molecule has 0 aliphatic carbocycles. The largest absolute Gasteiger partial charge is 0.484 e. The first-order valence-corrected chi connectivity index (χ1v) is 10.8. The van der Waals surface area contributed by atoms with Crippen LogP contribution in [0.25, 0.3) is 0 Å². The number of nitrogens with zero attached hydrogens (tertiary/aromatic N) is 1. The van der Waals surface area contributed by atoms with Gasteiger partial charge >= 0.3 is 0 Å². The Morgan fingerprint density at radius 2 is 1.80 bits per heavy atom. The normalized spacial score (nSPS) is 19.7. The molecule has 1 fully saturated rings. The third kappa shape index (κ3) is 6.21. The van der Waals surface area contributed by atoms with E-state index in [4.69, 9.17) is 4.74 Å². The molecule has 1 heterocycles. The summed E-state index contributed by atoms with van der Waals surface area (Å²) in [6.07, 6.45) is 0. The third-order valence-corrected chi connectivity index (χ3v) is 5.91. The van der Waals surface area contributed by atoms with Crippen LogP contribution in [0, 0.1) is 6.92 Å². The van der Waals surface area contributed by atoms with Crippen molar-refractivity contribution in [2.45, 2.75) is 13.0 Å². The maximum Gasteiger partial charge on any atom is 0.258 e. The molecule has 0 radical (unpaired) electrons. The summed E-state index contributed by atoms with van der Waals surface area (Å²) in [4.78, 5) is 17.7. The van der Waals surface area contributed by atoms with E-state index in [-0.39, 0.29) is 18.6 Å². The highest BCUT2D eigenvalue weighted by Crippen LogP contribution is 2.16. The van der Waals surface area contributed by atoms with Crippen LogP contribution in [-0.4, -0.2) is 66.4 Å². The van der Waals surface area contributed by atoms with E-state index in [0.29, 0.717) is 6.54 Å². The zero-order chi connectivity index (χ0) is 21.5. The van der Waals surface area contributed by atoms with Crippen LogP contribution in [0.1, 0.15) is 17.2 Å². The van der Waals surface area contributed by atoms with Crippen LogP contribution in [0.5, 0.6) is 5.75 Å². The first-order chi connectivity index (χ1) is 14.4. The Balaban J connectivity index is 1.62. The fourth-order valence-electron chi connectivity index (χ4n) is 3.97. The lowest BCUT2D eigenvalue weighted by molar-refractivity contribution is -1.02. The number of benzene rings is 2. The highest BCUT2D eigenvalue weighted by atomic mass is 16.5. The summed E-state index contributed by atoms with van der Waals surface area (Å²) in [5.74, 6) is 0.652. The second-order valence-corrected chi connectivity index (χ2v) is 8.56. The minimum atomic E-state index is -0.0782. The Bertz CT molecular complexity index is 814. The van der Waals surface area contributed by atoms with Crippen LogP contribution in [0.15, 0.2) is 48.5 Å². The van der Waals surface area contributed by atoms with E-state index in [1.54, 1.807) is 4.90 Å². The number of hydrogen-bond acceptors (Lipinski definition) is 3. The van der Waals surface area contributed by atoms with Crippen molar-refractivity contribution in [2.24, 2.45) is 0 Å². The Morgan fingerprint density at radius 3 is 2.43 bits per heavy atom. The Morgan fingerprint density at radius 1 is 1.10 bits per heavy atom. The van der Waals surface area contributed by atoms with E-state index in [1.807, 2.05) is 31.2 Å². The highest BCUT2D eigenvalue weighted by Gasteiger charge is 2.29. The fraction of sp³-hybridized carbons (Fsp3) is 0.458. The molecule has 0 unspecified atom stereocenters. The molecule has 1 atom stereocenters. The lowest BCUT2D eigenvalue weighted by atomic mass is 10.0. The molecule has 1 aliphatic heterocycles. The van der Waals surface area contributed by atoms with Crippen molar-refractivity contribution in [1.82, 2.24) is 5.32 Å². The number of rotatable bonds is 8. The van der Waals surface area contributed by atoms with Gasteiger partial charge in [0, 0.05) is 25.3 Å². The molecule has 2 aromatic rings. The number of likely N-dealkylation sites (N-methyl/N-ethyl adjacent to an activating group) is 1. The van der Waals surface area contributed by atoms with Gasteiger partial charge in [0.05, 0.1) is 13.6 Å². The van der Waals surface area contributed by atoms with Crippen LogP contribution >= 0.6 is 0 Å². The summed E-state index contributed by atoms with van der Waals surface area (Å²) in [7, 11) is 6.35. The van der Waals surface area contributed by atoms with Crippen molar-refractivity contribution in [2.75, 3.05) is 65.4 Å². The molecule has 0 bridgehead atoms. The Labute approximate surface area is 180 Å². The molecule has 162 valence electrons. The Hall–Kier alpha value is -2.57. The van der Waals surface area contributed by atoms with Crippen LogP contribution in [-0.2, 0) is 4.79 Å². The van der Waals surface area contributed by atoms with Crippen LogP contribution in [0.2, 0.25) is 0 Å². The van der Waals surface area contributed by atoms with Gasteiger partial charge in [0.2, 0.25) is 0 Å². The molecular weight excluding hydrogens is 376 g/mol. The third-order valence-electron chi connectivity index (χ3n) is 5.91. The number of nitrogens with one attached hydrogen (secondary N) is 3. The van der Waals surface area contributed by atoms with Gasteiger partial charge in [-0.2, -0.15) is 0 Å². The lowest BCUT2D eigenvalue weighted by Gasteiger charge is -2.33. The molecule has 6 heteroatoms. The summed E-state index contributed by atoms with van der Waals surface area (Å²) in [6, 6.07) is 16.7. The van der Waals surface area contributed by atoms with Crippen LogP contribution < -0.4 is 24.8 Å². The van der Waals surface area contributed by atoms with E-state index < -0.39 is 0 Å². The van der Waals surface area contributed by atoms with Gasteiger partial charge in [-0.3, -0.25) is 4.79 Å². The molecule has 6 nitrogen and oxygen atoms in total. The average molecular weight is 413 g/mol. The van der Waals surface area contributed by atoms with Gasteiger partial charge in [0.25, 0.3) is 5.91 Å². The van der Waals surface area contributed by atoms with Crippen molar-refractivity contribution >= 4 is 11.6 Å². The number of amides is 1. The maximum absolute atomic E-state index is 12.5. The molecule has 30 heavy (non-hydrogen) atoms. The quantitative estimate of drug-likeness (QED) is 0.559. The number of quaternary nitrogens is 2. The molecular formula is C24H36N4O2+2. The smallest absolute Gasteiger partial charge is 0.258 e. The number of ether oxygens (including phenoxy) is 1. The molecule has 1 saturated heterocycles. The molecule has 3 N–H and O–H groups in total. The minimum Gasteiger partial charge on any atom is -0.484 e. The number of hydrogen-bond donors (Lipinski definition) is 3. The summed E-state index contributed by atoms with van der Waals surface area (Å²) in [5.41, 5.74) is 3.58. The fourth-order valence-corrected chi connectivity index (χ4v) is 3.97. The van der Waals surface area contributed by atoms with Gasteiger partial charge in [0.15, 0.2) is 6.61 Å². The molecule has 1 aliphatic rings. The first kappa shape index (κ1) is 22.1. The topological polar surface area (TPSA) is 50.4 Å². The van der Waals surface area contributed by atoms with E-state index in [1.165, 1.54) is 16.2 Å². The van der Waals surface area contributed by atoms with Crippen molar-refractivity contribution < 1.29 is 19.3 Å². The van der Waals surface area contributed by atoms with Gasteiger partial charge in [0.1, 0.15) is 38.0 Å². The summed E-state index contributed by atoms with van der Waals surface area (Å²) >= 11 is 0.